The molecule has 1 N–H and O–H groups in total. The maximum absolute atomic E-state index is 4.67. The Morgan fingerprint density at radius 2 is 2.05 bits per heavy atom. The van der Waals surface area contributed by atoms with Crippen LogP contribution in [0, 0.1) is 0 Å². The molecule has 0 bridgehead atoms. The van der Waals surface area contributed by atoms with Gasteiger partial charge in [-0.05, 0) is 25.3 Å². The first-order valence-electron chi connectivity index (χ1n) is 8.14. The number of hydrogen-bond donors (Lipinski definition) is 1. The Hall–Kier alpha value is -1.55. The number of aliphatic imine (C=N–C) groups is 1. The Morgan fingerprint density at radius 3 is 2.81 bits per heavy atom. The number of nitrogens with one attached hydrogen (secondary N) is 1. The number of nitrogens with zero attached hydrogens (tertiary/aromatic N) is 3. The molecule has 21 heavy (non-hydrogen) atoms. The van der Waals surface area contributed by atoms with Crippen LogP contribution in [0.15, 0.2) is 35.3 Å². The SMILES string of the molecule is CC1CN(Cc2ccccc2)CCCN1C1=NCCCN1. The molecule has 0 aromatic heterocycles. The summed E-state index contributed by atoms with van der Waals surface area (Å²) >= 11 is 0. The molecule has 0 saturated carbocycles. The molecule has 1 atom stereocenters. The van der Waals surface area contributed by atoms with Crippen molar-refractivity contribution in [3.8, 4) is 0 Å². The summed E-state index contributed by atoms with van der Waals surface area (Å²) in [6.07, 6.45) is 2.36. The zero-order chi connectivity index (χ0) is 14.5. The summed E-state index contributed by atoms with van der Waals surface area (Å²) < 4.78 is 0. The van der Waals surface area contributed by atoms with Gasteiger partial charge in [0, 0.05) is 45.3 Å². The van der Waals surface area contributed by atoms with E-state index in [4.69, 9.17) is 0 Å². The quantitative estimate of drug-likeness (QED) is 0.901. The van der Waals surface area contributed by atoms with Gasteiger partial charge in [0.05, 0.1) is 0 Å². The van der Waals surface area contributed by atoms with Crippen LogP contribution in [0.25, 0.3) is 0 Å². The van der Waals surface area contributed by atoms with E-state index in [9.17, 15) is 0 Å². The minimum absolute atomic E-state index is 0.514. The molecule has 0 aliphatic carbocycles. The molecule has 2 heterocycles. The molecule has 4 nitrogen and oxygen atoms in total. The normalized spacial score (nSPS) is 24.1. The maximum Gasteiger partial charge on any atom is 0.194 e. The van der Waals surface area contributed by atoms with Crippen molar-refractivity contribution < 1.29 is 0 Å². The van der Waals surface area contributed by atoms with Gasteiger partial charge in [-0.25, -0.2) is 0 Å². The van der Waals surface area contributed by atoms with E-state index in [-0.39, 0.29) is 0 Å². The van der Waals surface area contributed by atoms with E-state index in [1.165, 1.54) is 18.5 Å². The number of benzene rings is 1. The van der Waals surface area contributed by atoms with Crippen molar-refractivity contribution in [3.63, 3.8) is 0 Å². The third-order valence-corrected chi connectivity index (χ3v) is 4.33. The summed E-state index contributed by atoms with van der Waals surface area (Å²) in [5, 5.41) is 3.47. The fourth-order valence-electron chi connectivity index (χ4n) is 3.26. The van der Waals surface area contributed by atoms with Crippen molar-refractivity contribution >= 4 is 5.96 Å². The third kappa shape index (κ3) is 3.76. The van der Waals surface area contributed by atoms with Crippen LogP contribution in [0.2, 0.25) is 0 Å². The molecule has 0 spiro atoms. The van der Waals surface area contributed by atoms with Crippen LogP contribution in [0.3, 0.4) is 0 Å². The van der Waals surface area contributed by atoms with Crippen molar-refractivity contribution in [1.29, 1.82) is 0 Å². The van der Waals surface area contributed by atoms with Gasteiger partial charge >= 0.3 is 0 Å². The lowest BCUT2D eigenvalue weighted by atomic mass is 10.2. The van der Waals surface area contributed by atoms with Crippen molar-refractivity contribution in [2.24, 2.45) is 4.99 Å². The fraction of sp³-hybridized carbons (Fsp3) is 0.588. The monoisotopic (exact) mass is 286 g/mol. The molecule has 114 valence electrons. The second-order valence-electron chi connectivity index (χ2n) is 6.10. The Bertz CT molecular complexity index is 471. The van der Waals surface area contributed by atoms with E-state index in [0.717, 1.165) is 45.1 Å². The Labute approximate surface area is 127 Å². The zero-order valence-electron chi connectivity index (χ0n) is 13.0. The lowest BCUT2D eigenvalue weighted by molar-refractivity contribution is 0.237. The second-order valence-corrected chi connectivity index (χ2v) is 6.10. The van der Waals surface area contributed by atoms with Gasteiger partial charge in [0.15, 0.2) is 5.96 Å². The number of guanidine groups is 1. The van der Waals surface area contributed by atoms with Crippen molar-refractivity contribution in [2.45, 2.75) is 32.4 Å². The molecule has 1 aromatic carbocycles. The Balaban J connectivity index is 1.62. The fourth-order valence-corrected chi connectivity index (χ4v) is 3.26. The molecule has 1 fully saturated rings. The highest BCUT2D eigenvalue weighted by Crippen LogP contribution is 2.14. The van der Waals surface area contributed by atoms with E-state index in [1.54, 1.807) is 0 Å². The number of rotatable bonds is 2. The first kappa shape index (κ1) is 14.4. The highest BCUT2D eigenvalue weighted by Gasteiger charge is 2.24. The predicted octanol–water partition coefficient (Wildman–Crippen LogP) is 1.93. The van der Waals surface area contributed by atoms with E-state index in [1.807, 2.05) is 0 Å². The van der Waals surface area contributed by atoms with Gasteiger partial charge < -0.3 is 10.2 Å². The average molecular weight is 286 g/mol. The summed E-state index contributed by atoms with van der Waals surface area (Å²) in [5.41, 5.74) is 1.41. The maximum atomic E-state index is 4.67. The van der Waals surface area contributed by atoms with Crippen LogP contribution in [0.5, 0.6) is 0 Å². The van der Waals surface area contributed by atoms with Crippen LogP contribution in [0.1, 0.15) is 25.3 Å². The molecular formula is C17H26N4. The molecule has 2 aliphatic rings. The lowest BCUT2D eigenvalue weighted by Crippen LogP contribution is -2.50. The van der Waals surface area contributed by atoms with Crippen molar-refractivity contribution in [1.82, 2.24) is 15.1 Å². The summed E-state index contributed by atoms with van der Waals surface area (Å²) in [5.74, 6) is 1.12. The standard InChI is InChI=1S/C17H26N4/c1-15-13-20(14-16-7-3-2-4-8-16)11-6-12-21(15)17-18-9-5-10-19-17/h2-4,7-8,15H,5-6,9-14H2,1H3,(H,18,19). The molecule has 3 rings (SSSR count). The van der Waals surface area contributed by atoms with E-state index < -0.39 is 0 Å². The van der Waals surface area contributed by atoms with Crippen LogP contribution < -0.4 is 5.32 Å². The second kappa shape index (κ2) is 6.94. The first-order chi connectivity index (χ1) is 10.3. The summed E-state index contributed by atoms with van der Waals surface area (Å²) in [4.78, 5) is 9.70. The molecule has 0 radical (unpaired) electrons. The highest BCUT2D eigenvalue weighted by molar-refractivity contribution is 5.80. The summed E-state index contributed by atoms with van der Waals surface area (Å²) in [6.45, 7) is 8.80. The van der Waals surface area contributed by atoms with Gasteiger partial charge in [0.25, 0.3) is 0 Å². The molecule has 1 aromatic rings. The van der Waals surface area contributed by atoms with Crippen LogP contribution in [-0.2, 0) is 6.54 Å². The molecule has 1 saturated heterocycles. The Kier molecular flexibility index (Phi) is 4.76. The topological polar surface area (TPSA) is 30.9 Å². The van der Waals surface area contributed by atoms with Crippen molar-refractivity contribution in [3.05, 3.63) is 35.9 Å². The third-order valence-electron chi connectivity index (χ3n) is 4.33. The van der Waals surface area contributed by atoms with Gasteiger partial charge in [-0.1, -0.05) is 30.3 Å². The van der Waals surface area contributed by atoms with Crippen molar-refractivity contribution in [2.75, 3.05) is 32.7 Å². The van der Waals surface area contributed by atoms with Gasteiger partial charge in [-0.15, -0.1) is 0 Å². The molecule has 0 amide bonds. The van der Waals surface area contributed by atoms with Gasteiger partial charge in [0.1, 0.15) is 0 Å². The molecule has 2 aliphatic heterocycles. The highest BCUT2D eigenvalue weighted by atomic mass is 15.3. The van der Waals surface area contributed by atoms with Gasteiger partial charge in [-0.3, -0.25) is 9.89 Å². The summed E-state index contributed by atoms with van der Waals surface area (Å²) in [6, 6.07) is 11.3. The predicted molar refractivity (Wildman–Crippen MR) is 87.4 cm³/mol. The van der Waals surface area contributed by atoms with Gasteiger partial charge in [-0.2, -0.15) is 0 Å². The first-order valence-corrected chi connectivity index (χ1v) is 8.14. The van der Waals surface area contributed by atoms with E-state index >= 15 is 0 Å². The largest absolute Gasteiger partial charge is 0.356 e. The number of hydrogen-bond acceptors (Lipinski definition) is 4. The van der Waals surface area contributed by atoms with E-state index in [0.29, 0.717) is 6.04 Å². The molecule has 4 heteroatoms. The smallest absolute Gasteiger partial charge is 0.194 e. The van der Waals surface area contributed by atoms with Gasteiger partial charge in [0.2, 0.25) is 0 Å². The summed E-state index contributed by atoms with van der Waals surface area (Å²) in [7, 11) is 0. The molecule has 1 unspecified atom stereocenters. The Morgan fingerprint density at radius 1 is 1.19 bits per heavy atom. The average Bonchev–Trinajstić information content (AvgIpc) is 2.70. The molecular weight excluding hydrogens is 260 g/mol. The van der Waals surface area contributed by atoms with Crippen LogP contribution in [-0.4, -0.2) is 54.5 Å². The van der Waals surface area contributed by atoms with Crippen LogP contribution in [0.4, 0.5) is 0 Å². The van der Waals surface area contributed by atoms with Crippen LogP contribution >= 0.6 is 0 Å². The zero-order valence-corrected chi connectivity index (χ0v) is 13.0. The lowest BCUT2D eigenvalue weighted by Gasteiger charge is -2.33. The minimum Gasteiger partial charge on any atom is -0.356 e. The minimum atomic E-state index is 0.514. The van der Waals surface area contributed by atoms with E-state index in [2.05, 4.69) is 57.4 Å².